The molecular formula is C8H13NO3. The lowest BCUT2D eigenvalue weighted by Crippen LogP contribution is -2.43. The summed E-state index contributed by atoms with van der Waals surface area (Å²) in [6, 6.07) is -0.322. The number of ketones is 1. The maximum atomic E-state index is 11.1. The Morgan fingerprint density at radius 1 is 1.25 bits per heavy atom. The van der Waals surface area contributed by atoms with Crippen LogP contribution in [0.5, 0.6) is 0 Å². The smallest absolute Gasteiger partial charge is 0.136 e. The van der Waals surface area contributed by atoms with Crippen molar-refractivity contribution in [2.75, 3.05) is 7.05 Å². The number of rotatable bonds is 0. The quantitative estimate of drug-likeness (QED) is 0.478. The number of fused-ring (bicyclic) bond motifs is 2. The fraction of sp³-hybridized carbons (Fsp3) is 0.875. The summed E-state index contributed by atoms with van der Waals surface area (Å²) in [5.74, 6) is 0.152. The maximum absolute atomic E-state index is 11.1. The molecule has 2 bridgehead atoms. The topological polar surface area (TPSA) is 60.8 Å². The van der Waals surface area contributed by atoms with E-state index in [1.54, 1.807) is 0 Å². The molecule has 0 aromatic rings. The largest absolute Gasteiger partial charge is 0.389 e. The minimum Gasteiger partial charge on any atom is -0.389 e. The van der Waals surface area contributed by atoms with Crippen LogP contribution in [-0.2, 0) is 4.79 Å². The Kier molecular flexibility index (Phi) is 1.71. The molecule has 4 atom stereocenters. The normalized spacial score (nSPS) is 48.4. The van der Waals surface area contributed by atoms with Crippen molar-refractivity contribution in [3.8, 4) is 0 Å². The summed E-state index contributed by atoms with van der Waals surface area (Å²) < 4.78 is 0. The van der Waals surface area contributed by atoms with Crippen LogP contribution in [0.1, 0.15) is 12.8 Å². The van der Waals surface area contributed by atoms with E-state index in [1.165, 1.54) is 0 Å². The first-order valence-electron chi connectivity index (χ1n) is 4.21. The van der Waals surface area contributed by atoms with Crippen molar-refractivity contribution in [1.29, 1.82) is 0 Å². The molecule has 12 heavy (non-hydrogen) atoms. The summed E-state index contributed by atoms with van der Waals surface area (Å²) in [6.45, 7) is 0. The van der Waals surface area contributed by atoms with Crippen LogP contribution < -0.4 is 0 Å². The van der Waals surface area contributed by atoms with Gasteiger partial charge < -0.3 is 10.2 Å². The van der Waals surface area contributed by atoms with Crippen LogP contribution in [0.3, 0.4) is 0 Å². The second-order valence-corrected chi connectivity index (χ2v) is 3.73. The maximum Gasteiger partial charge on any atom is 0.136 e. The number of aliphatic hydroxyl groups is 2. The van der Waals surface area contributed by atoms with Gasteiger partial charge in [-0.15, -0.1) is 0 Å². The molecule has 68 valence electrons. The monoisotopic (exact) mass is 171 g/mol. The molecule has 2 N–H and O–H groups in total. The Bertz CT molecular complexity index is 190. The molecule has 2 heterocycles. The molecule has 0 aromatic heterocycles. The summed E-state index contributed by atoms with van der Waals surface area (Å²) in [5.41, 5.74) is 0. The van der Waals surface area contributed by atoms with Gasteiger partial charge in [-0.3, -0.25) is 9.69 Å². The Hall–Kier alpha value is -0.450. The summed E-state index contributed by atoms with van der Waals surface area (Å²) in [5, 5.41) is 19.0. The lowest BCUT2D eigenvalue weighted by molar-refractivity contribution is -0.124. The molecule has 0 spiro atoms. The van der Waals surface area contributed by atoms with Crippen molar-refractivity contribution in [2.24, 2.45) is 0 Å². The molecule has 0 aliphatic carbocycles. The third-order valence-corrected chi connectivity index (χ3v) is 3.06. The molecule has 0 radical (unpaired) electrons. The van der Waals surface area contributed by atoms with Gasteiger partial charge in [-0.05, 0) is 7.05 Å². The number of aliphatic hydroxyl groups excluding tert-OH is 2. The number of carbonyl (C=O) groups excluding carboxylic acids is 1. The van der Waals surface area contributed by atoms with Crippen LogP contribution in [0, 0.1) is 0 Å². The molecule has 2 saturated heterocycles. The first-order valence-corrected chi connectivity index (χ1v) is 4.21. The lowest BCUT2D eigenvalue weighted by atomic mass is 10.0. The highest BCUT2D eigenvalue weighted by atomic mass is 16.3. The Labute approximate surface area is 70.8 Å². The van der Waals surface area contributed by atoms with E-state index in [-0.39, 0.29) is 17.9 Å². The standard InChI is InChI=1S/C8H13NO3/c1-9-5-2-4(10)3-6(9)8(12)7(5)11/h5-8,11-12H,2-3H2,1H3/t5-,6+,7-,8+. The Balaban J connectivity index is 2.26. The average Bonchev–Trinajstić information content (AvgIpc) is 2.21. The van der Waals surface area contributed by atoms with Gasteiger partial charge in [-0.25, -0.2) is 0 Å². The number of carbonyl (C=O) groups is 1. The zero-order chi connectivity index (χ0) is 8.88. The van der Waals surface area contributed by atoms with Gasteiger partial charge in [-0.2, -0.15) is 0 Å². The minimum atomic E-state index is -0.744. The van der Waals surface area contributed by atoms with Crippen LogP contribution >= 0.6 is 0 Å². The molecule has 0 amide bonds. The van der Waals surface area contributed by atoms with Gasteiger partial charge in [0, 0.05) is 24.9 Å². The van der Waals surface area contributed by atoms with E-state index in [1.807, 2.05) is 11.9 Å². The highest BCUT2D eigenvalue weighted by Gasteiger charge is 2.50. The van der Waals surface area contributed by atoms with Gasteiger partial charge >= 0.3 is 0 Å². The lowest BCUT2D eigenvalue weighted by Gasteiger charge is -2.29. The van der Waals surface area contributed by atoms with Crippen molar-refractivity contribution in [3.63, 3.8) is 0 Å². The van der Waals surface area contributed by atoms with Crippen LogP contribution in [0.15, 0.2) is 0 Å². The molecule has 2 aliphatic heterocycles. The fourth-order valence-electron chi connectivity index (χ4n) is 2.26. The van der Waals surface area contributed by atoms with Crippen molar-refractivity contribution in [1.82, 2.24) is 4.90 Å². The molecule has 2 aliphatic rings. The van der Waals surface area contributed by atoms with Gasteiger partial charge in [-0.1, -0.05) is 0 Å². The third-order valence-electron chi connectivity index (χ3n) is 3.06. The summed E-state index contributed by atoms with van der Waals surface area (Å²) >= 11 is 0. The highest BCUT2D eigenvalue weighted by molar-refractivity contribution is 5.81. The predicted octanol–water partition coefficient (Wildman–Crippen LogP) is -1.25. The van der Waals surface area contributed by atoms with Gasteiger partial charge in [0.1, 0.15) is 5.78 Å². The van der Waals surface area contributed by atoms with Crippen molar-refractivity contribution in [3.05, 3.63) is 0 Å². The molecule has 0 unspecified atom stereocenters. The molecule has 4 heteroatoms. The van der Waals surface area contributed by atoms with Gasteiger partial charge in [0.15, 0.2) is 0 Å². The van der Waals surface area contributed by atoms with Crippen molar-refractivity contribution < 1.29 is 15.0 Å². The van der Waals surface area contributed by atoms with E-state index >= 15 is 0 Å². The number of nitrogens with zero attached hydrogens (tertiary/aromatic N) is 1. The summed E-state index contributed by atoms with van der Waals surface area (Å²) in [4.78, 5) is 13.0. The fourth-order valence-corrected chi connectivity index (χ4v) is 2.26. The van der Waals surface area contributed by atoms with E-state index in [9.17, 15) is 15.0 Å². The highest BCUT2D eigenvalue weighted by Crippen LogP contribution is 2.32. The van der Waals surface area contributed by atoms with E-state index in [0.29, 0.717) is 12.8 Å². The van der Waals surface area contributed by atoms with E-state index in [2.05, 4.69) is 0 Å². The molecule has 0 saturated carbocycles. The summed E-state index contributed by atoms with van der Waals surface area (Å²) in [6.07, 6.45) is -0.728. The third kappa shape index (κ3) is 0.920. The number of hydrogen-bond donors (Lipinski definition) is 2. The second-order valence-electron chi connectivity index (χ2n) is 3.73. The van der Waals surface area contributed by atoms with Crippen LogP contribution in [0.2, 0.25) is 0 Å². The number of likely N-dealkylation sites (N-methyl/N-ethyl adjacent to an activating group) is 1. The minimum absolute atomic E-state index is 0.152. The van der Waals surface area contributed by atoms with Gasteiger partial charge in [0.25, 0.3) is 0 Å². The zero-order valence-electron chi connectivity index (χ0n) is 6.97. The molecule has 2 fully saturated rings. The summed E-state index contributed by atoms with van der Waals surface area (Å²) in [7, 11) is 1.85. The number of hydrogen-bond acceptors (Lipinski definition) is 4. The number of Topliss-reactive ketones (excluding diaryl/α,β-unsaturated/α-hetero) is 1. The SMILES string of the molecule is CN1[C@@H]2CC(=O)C[C@H]1[C@H](O)[C@@H]2O. The van der Waals surface area contributed by atoms with Crippen molar-refractivity contribution >= 4 is 5.78 Å². The first-order chi connectivity index (χ1) is 5.61. The predicted molar refractivity (Wildman–Crippen MR) is 41.6 cm³/mol. The Morgan fingerprint density at radius 2 is 1.67 bits per heavy atom. The Morgan fingerprint density at radius 3 is 2.08 bits per heavy atom. The van der Waals surface area contributed by atoms with Crippen molar-refractivity contribution in [2.45, 2.75) is 37.1 Å². The molecular weight excluding hydrogens is 158 g/mol. The van der Waals surface area contributed by atoms with Crippen LogP contribution in [0.4, 0.5) is 0 Å². The molecule has 4 nitrogen and oxygen atoms in total. The number of piperidine rings is 1. The first kappa shape index (κ1) is 8.16. The van der Waals surface area contributed by atoms with E-state index in [0.717, 1.165) is 0 Å². The van der Waals surface area contributed by atoms with E-state index < -0.39 is 12.2 Å². The molecule has 0 aromatic carbocycles. The van der Waals surface area contributed by atoms with Crippen LogP contribution in [0.25, 0.3) is 0 Å². The van der Waals surface area contributed by atoms with Gasteiger partial charge in [0.2, 0.25) is 0 Å². The van der Waals surface area contributed by atoms with E-state index in [4.69, 9.17) is 0 Å². The molecule has 2 rings (SSSR count). The average molecular weight is 171 g/mol. The second kappa shape index (κ2) is 2.52. The van der Waals surface area contributed by atoms with Crippen LogP contribution in [-0.4, -0.2) is 52.2 Å². The van der Waals surface area contributed by atoms with Gasteiger partial charge in [0.05, 0.1) is 12.2 Å². The zero-order valence-corrected chi connectivity index (χ0v) is 6.97.